The lowest BCUT2D eigenvalue weighted by molar-refractivity contribution is 0.170. The standard InChI is InChI=1S/C10H12O5S/c1-7-2-3-9(16(12,13)14)8(4-7)10(5-11)6-15-10/h2-4,11H,5-6H2,1H3,(H,12,13,14)/t10-/m0/s1. The molecule has 0 bridgehead atoms. The summed E-state index contributed by atoms with van der Waals surface area (Å²) < 4.78 is 36.5. The minimum Gasteiger partial charge on any atom is -0.393 e. The Morgan fingerprint density at radius 2 is 2.12 bits per heavy atom. The van der Waals surface area contributed by atoms with Crippen LogP contribution in [0.4, 0.5) is 0 Å². The summed E-state index contributed by atoms with van der Waals surface area (Å²) in [5, 5.41) is 9.19. The first kappa shape index (κ1) is 11.5. The summed E-state index contributed by atoms with van der Waals surface area (Å²) in [6, 6.07) is 4.51. The molecule has 1 aromatic carbocycles. The number of epoxide rings is 1. The maximum absolute atomic E-state index is 11.2. The molecule has 0 aromatic heterocycles. The minimum atomic E-state index is -4.29. The van der Waals surface area contributed by atoms with Gasteiger partial charge in [-0.15, -0.1) is 0 Å². The first-order valence-corrected chi connectivity index (χ1v) is 6.16. The molecule has 1 atom stereocenters. The van der Waals surface area contributed by atoms with Crippen LogP contribution in [0.1, 0.15) is 11.1 Å². The SMILES string of the molecule is Cc1ccc(S(=O)(=O)O)c([C@]2(CO)CO2)c1. The molecule has 0 unspecified atom stereocenters. The van der Waals surface area contributed by atoms with E-state index >= 15 is 0 Å². The lowest BCUT2D eigenvalue weighted by Gasteiger charge is -2.13. The number of rotatable bonds is 3. The van der Waals surface area contributed by atoms with Crippen LogP contribution >= 0.6 is 0 Å². The van der Waals surface area contributed by atoms with Crippen LogP contribution in [0.3, 0.4) is 0 Å². The molecule has 0 amide bonds. The van der Waals surface area contributed by atoms with Crippen molar-refractivity contribution in [2.75, 3.05) is 13.2 Å². The largest absolute Gasteiger partial charge is 0.393 e. The lowest BCUT2D eigenvalue weighted by atomic mass is 9.99. The van der Waals surface area contributed by atoms with Gasteiger partial charge in [-0.3, -0.25) is 4.55 Å². The second-order valence-corrected chi connectivity index (χ2v) is 5.31. The van der Waals surface area contributed by atoms with Crippen LogP contribution in [-0.2, 0) is 20.5 Å². The van der Waals surface area contributed by atoms with E-state index in [9.17, 15) is 13.5 Å². The van der Waals surface area contributed by atoms with Crippen LogP contribution in [0.2, 0.25) is 0 Å². The molecule has 2 rings (SSSR count). The summed E-state index contributed by atoms with van der Waals surface area (Å²) in [4.78, 5) is -0.204. The Morgan fingerprint density at radius 1 is 1.50 bits per heavy atom. The van der Waals surface area contributed by atoms with E-state index in [4.69, 9.17) is 9.29 Å². The summed E-state index contributed by atoms with van der Waals surface area (Å²) in [6.07, 6.45) is 0. The van der Waals surface area contributed by atoms with Gasteiger partial charge < -0.3 is 9.84 Å². The predicted octanol–water partition coefficient (Wildman–Crippen LogP) is 0.460. The van der Waals surface area contributed by atoms with Crippen LogP contribution in [0.15, 0.2) is 23.1 Å². The van der Waals surface area contributed by atoms with Gasteiger partial charge in [-0.05, 0) is 13.0 Å². The maximum Gasteiger partial charge on any atom is 0.294 e. The Hall–Kier alpha value is -0.950. The van der Waals surface area contributed by atoms with Crippen molar-refractivity contribution in [1.82, 2.24) is 0 Å². The van der Waals surface area contributed by atoms with Crippen LogP contribution < -0.4 is 0 Å². The molecule has 1 heterocycles. The van der Waals surface area contributed by atoms with Gasteiger partial charge in [-0.1, -0.05) is 17.7 Å². The number of aryl methyl sites for hydroxylation is 1. The monoisotopic (exact) mass is 244 g/mol. The number of benzene rings is 1. The second kappa shape index (κ2) is 3.53. The molecule has 1 fully saturated rings. The van der Waals surface area contributed by atoms with Crippen LogP contribution in [-0.4, -0.2) is 31.3 Å². The highest BCUT2D eigenvalue weighted by Crippen LogP contribution is 2.41. The van der Waals surface area contributed by atoms with Crippen molar-refractivity contribution in [3.05, 3.63) is 29.3 Å². The fourth-order valence-electron chi connectivity index (χ4n) is 1.64. The molecule has 2 N–H and O–H groups in total. The van der Waals surface area contributed by atoms with E-state index in [1.165, 1.54) is 6.07 Å². The van der Waals surface area contributed by atoms with Crippen molar-refractivity contribution in [3.8, 4) is 0 Å². The van der Waals surface area contributed by atoms with Gasteiger partial charge in [0.1, 0.15) is 10.5 Å². The van der Waals surface area contributed by atoms with E-state index in [-0.39, 0.29) is 18.1 Å². The van der Waals surface area contributed by atoms with Crippen molar-refractivity contribution in [3.63, 3.8) is 0 Å². The van der Waals surface area contributed by atoms with Gasteiger partial charge in [-0.25, -0.2) is 0 Å². The zero-order valence-electron chi connectivity index (χ0n) is 8.67. The summed E-state index contributed by atoms with van der Waals surface area (Å²) in [7, 11) is -4.29. The Balaban J connectivity index is 2.63. The number of hydrogen-bond donors (Lipinski definition) is 2. The van der Waals surface area contributed by atoms with E-state index in [1.54, 1.807) is 19.1 Å². The highest BCUT2D eigenvalue weighted by atomic mass is 32.2. The van der Waals surface area contributed by atoms with E-state index in [0.29, 0.717) is 5.56 Å². The van der Waals surface area contributed by atoms with Crippen molar-refractivity contribution >= 4 is 10.1 Å². The topological polar surface area (TPSA) is 87.1 Å². The van der Waals surface area contributed by atoms with E-state index in [1.807, 2.05) is 0 Å². The molecular formula is C10H12O5S. The van der Waals surface area contributed by atoms with Crippen molar-refractivity contribution in [1.29, 1.82) is 0 Å². The highest BCUT2D eigenvalue weighted by molar-refractivity contribution is 7.85. The Bertz CT molecular complexity index is 516. The average molecular weight is 244 g/mol. The average Bonchev–Trinajstić information content (AvgIpc) is 2.96. The first-order chi connectivity index (χ1) is 7.39. The zero-order chi connectivity index (χ0) is 12.0. The summed E-state index contributed by atoms with van der Waals surface area (Å²) in [5.41, 5.74) is 0.195. The van der Waals surface area contributed by atoms with Gasteiger partial charge in [-0.2, -0.15) is 8.42 Å². The molecule has 6 heteroatoms. The third kappa shape index (κ3) is 1.84. The van der Waals surface area contributed by atoms with Crippen molar-refractivity contribution < 1.29 is 22.8 Å². The number of ether oxygens (including phenoxy) is 1. The molecule has 1 aromatic rings. The second-order valence-electron chi connectivity index (χ2n) is 3.92. The molecule has 1 saturated heterocycles. The predicted molar refractivity (Wildman–Crippen MR) is 55.7 cm³/mol. The van der Waals surface area contributed by atoms with E-state index < -0.39 is 15.7 Å². The molecule has 16 heavy (non-hydrogen) atoms. The third-order valence-corrected chi connectivity index (χ3v) is 3.56. The Kier molecular flexibility index (Phi) is 2.54. The normalized spacial score (nSPS) is 24.4. The van der Waals surface area contributed by atoms with E-state index in [0.717, 1.165) is 5.56 Å². The molecule has 0 aliphatic carbocycles. The highest BCUT2D eigenvalue weighted by Gasteiger charge is 2.48. The molecule has 5 nitrogen and oxygen atoms in total. The van der Waals surface area contributed by atoms with Crippen molar-refractivity contribution in [2.45, 2.75) is 17.4 Å². The number of hydrogen-bond acceptors (Lipinski definition) is 4. The molecule has 0 saturated carbocycles. The van der Waals surface area contributed by atoms with Gasteiger partial charge in [0.2, 0.25) is 0 Å². The fraction of sp³-hybridized carbons (Fsp3) is 0.400. The van der Waals surface area contributed by atoms with Gasteiger partial charge >= 0.3 is 0 Å². The van der Waals surface area contributed by atoms with Gasteiger partial charge in [0.25, 0.3) is 10.1 Å². The van der Waals surface area contributed by atoms with E-state index in [2.05, 4.69) is 0 Å². The van der Waals surface area contributed by atoms with Crippen LogP contribution in [0.25, 0.3) is 0 Å². The third-order valence-electron chi connectivity index (χ3n) is 2.65. The molecule has 0 spiro atoms. The van der Waals surface area contributed by atoms with Gasteiger partial charge in [0, 0.05) is 5.56 Å². The fourth-order valence-corrected chi connectivity index (χ4v) is 2.41. The molecule has 88 valence electrons. The smallest absolute Gasteiger partial charge is 0.294 e. The molecule has 1 aliphatic heterocycles. The molecule has 1 aliphatic rings. The Labute approximate surface area is 93.4 Å². The van der Waals surface area contributed by atoms with Crippen molar-refractivity contribution in [2.24, 2.45) is 0 Å². The molecular weight excluding hydrogens is 232 g/mol. The number of aliphatic hydroxyl groups excluding tert-OH is 1. The number of aliphatic hydroxyl groups is 1. The molecule has 0 radical (unpaired) electrons. The van der Waals surface area contributed by atoms with Crippen LogP contribution in [0, 0.1) is 6.92 Å². The summed E-state index contributed by atoms with van der Waals surface area (Å²) >= 11 is 0. The van der Waals surface area contributed by atoms with Gasteiger partial charge in [0.15, 0.2) is 0 Å². The Morgan fingerprint density at radius 3 is 2.56 bits per heavy atom. The zero-order valence-corrected chi connectivity index (χ0v) is 9.49. The van der Waals surface area contributed by atoms with Gasteiger partial charge in [0.05, 0.1) is 13.2 Å². The first-order valence-electron chi connectivity index (χ1n) is 4.72. The minimum absolute atomic E-state index is 0.204. The van der Waals surface area contributed by atoms with Crippen LogP contribution in [0.5, 0.6) is 0 Å². The lowest BCUT2D eigenvalue weighted by Crippen LogP contribution is -2.18. The quantitative estimate of drug-likeness (QED) is 0.595. The maximum atomic E-state index is 11.2. The summed E-state index contributed by atoms with van der Waals surface area (Å²) in [5.74, 6) is 0. The summed E-state index contributed by atoms with van der Waals surface area (Å²) in [6.45, 7) is 1.75.